The first-order valence-electron chi connectivity index (χ1n) is 9.10. The van der Waals surface area contributed by atoms with Gasteiger partial charge >= 0.3 is 0 Å². The van der Waals surface area contributed by atoms with Crippen molar-refractivity contribution in [2.45, 2.75) is 19.4 Å². The van der Waals surface area contributed by atoms with E-state index in [2.05, 4.69) is 17.6 Å². The van der Waals surface area contributed by atoms with E-state index in [-0.39, 0.29) is 23.0 Å². The summed E-state index contributed by atoms with van der Waals surface area (Å²) in [5.41, 5.74) is -0.0372. The van der Waals surface area contributed by atoms with Crippen LogP contribution in [0.2, 0.25) is 0 Å². The zero-order valence-electron chi connectivity index (χ0n) is 15.8. The molecular formula is C20H23N3O5. The molecule has 0 radical (unpaired) electrons. The Hall–Kier alpha value is -3.13. The lowest BCUT2D eigenvalue weighted by Gasteiger charge is -2.30. The van der Waals surface area contributed by atoms with Crippen molar-refractivity contribution < 1.29 is 19.2 Å². The Morgan fingerprint density at radius 2 is 1.93 bits per heavy atom. The van der Waals surface area contributed by atoms with Crippen molar-refractivity contribution in [1.29, 1.82) is 0 Å². The smallest absolute Gasteiger partial charge is 0.270 e. The van der Waals surface area contributed by atoms with Crippen molar-refractivity contribution in [1.82, 2.24) is 10.6 Å². The molecule has 1 heterocycles. The molecule has 2 atom stereocenters. The van der Waals surface area contributed by atoms with Crippen molar-refractivity contribution in [2.24, 2.45) is 5.92 Å². The lowest BCUT2D eigenvalue weighted by molar-refractivity contribution is -0.384. The lowest BCUT2D eigenvalue weighted by atomic mass is 9.94. The Kier molecular flexibility index (Phi) is 6.10. The molecule has 8 heteroatoms. The number of non-ortho nitro benzene ring substituents is 1. The van der Waals surface area contributed by atoms with Crippen LogP contribution in [0.25, 0.3) is 0 Å². The molecule has 0 spiro atoms. The maximum atomic E-state index is 12.9. The Labute approximate surface area is 163 Å². The summed E-state index contributed by atoms with van der Waals surface area (Å²) in [4.78, 5) is 23.5. The maximum absolute atomic E-state index is 12.9. The van der Waals surface area contributed by atoms with Gasteiger partial charge in [-0.3, -0.25) is 14.9 Å². The number of nitro benzene ring substituents is 1. The van der Waals surface area contributed by atoms with Gasteiger partial charge in [-0.1, -0.05) is 6.92 Å². The van der Waals surface area contributed by atoms with Crippen LogP contribution in [0.5, 0.6) is 17.2 Å². The van der Waals surface area contributed by atoms with Crippen molar-refractivity contribution >= 4 is 11.6 Å². The van der Waals surface area contributed by atoms with Crippen LogP contribution >= 0.6 is 0 Å². The first-order chi connectivity index (χ1) is 13.5. The highest BCUT2D eigenvalue weighted by atomic mass is 16.6. The summed E-state index contributed by atoms with van der Waals surface area (Å²) in [6, 6.07) is 10.8. The van der Waals surface area contributed by atoms with Gasteiger partial charge in [0.1, 0.15) is 17.2 Å². The fourth-order valence-electron chi connectivity index (χ4n) is 3.10. The molecule has 1 fully saturated rings. The molecule has 28 heavy (non-hydrogen) atoms. The predicted octanol–water partition coefficient (Wildman–Crippen LogP) is 3.12. The second-order valence-electron chi connectivity index (χ2n) is 6.77. The van der Waals surface area contributed by atoms with E-state index in [1.165, 1.54) is 18.2 Å². The summed E-state index contributed by atoms with van der Waals surface area (Å²) in [7, 11) is 1.57. The number of nitrogens with zero attached hydrogens (tertiary/aromatic N) is 1. The monoisotopic (exact) mass is 385 g/mol. The number of carbonyl (C=O) groups excluding carboxylic acids is 1. The van der Waals surface area contributed by atoms with Crippen LogP contribution in [0.15, 0.2) is 42.5 Å². The fraction of sp³-hybridized carbons (Fsp3) is 0.350. The third kappa shape index (κ3) is 4.58. The van der Waals surface area contributed by atoms with Crippen LogP contribution in [-0.2, 0) is 0 Å². The number of methoxy groups -OCH3 is 1. The number of nitro groups is 1. The number of benzene rings is 2. The van der Waals surface area contributed by atoms with Crippen LogP contribution in [0.4, 0.5) is 5.69 Å². The van der Waals surface area contributed by atoms with Crippen LogP contribution in [-0.4, -0.2) is 37.1 Å². The molecular weight excluding hydrogens is 362 g/mol. The van der Waals surface area contributed by atoms with E-state index in [0.29, 0.717) is 24.0 Å². The number of piperidine rings is 1. The van der Waals surface area contributed by atoms with Gasteiger partial charge in [-0.2, -0.15) is 0 Å². The Morgan fingerprint density at radius 1 is 1.21 bits per heavy atom. The second-order valence-corrected chi connectivity index (χ2v) is 6.77. The molecule has 0 aromatic heterocycles. The number of ether oxygens (including phenoxy) is 2. The standard InChI is InChI=1S/C20H23N3O5/c1-13-9-10-21-12-18(13)22-20(24)17-11-14(23(25)26)3-8-19(17)28-16-6-4-15(27-2)5-7-16/h3-8,11,13,18,21H,9-10,12H2,1-2H3,(H,22,24). The molecule has 2 unspecified atom stereocenters. The zero-order valence-corrected chi connectivity index (χ0v) is 15.8. The zero-order chi connectivity index (χ0) is 20.1. The van der Waals surface area contributed by atoms with Crippen LogP contribution in [0.3, 0.4) is 0 Å². The number of rotatable bonds is 6. The van der Waals surface area contributed by atoms with E-state index < -0.39 is 10.8 Å². The lowest BCUT2D eigenvalue weighted by Crippen LogP contribution is -2.50. The van der Waals surface area contributed by atoms with E-state index in [9.17, 15) is 14.9 Å². The van der Waals surface area contributed by atoms with Crippen molar-refractivity contribution in [3.63, 3.8) is 0 Å². The molecule has 0 bridgehead atoms. The van der Waals surface area contributed by atoms with Crippen LogP contribution < -0.4 is 20.1 Å². The molecule has 1 amide bonds. The Morgan fingerprint density at radius 3 is 2.57 bits per heavy atom. The minimum Gasteiger partial charge on any atom is -0.497 e. The van der Waals surface area contributed by atoms with E-state index in [1.54, 1.807) is 31.4 Å². The predicted molar refractivity (Wildman–Crippen MR) is 104 cm³/mol. The largest absolute Gasteiger partial charge is 0.497 e. The summed E-state index contributed by atoms with van der Waals surface area (Å²) < 4.78 is 10.9. The highest BCUT2D eigenvalue weighted by Gasteiger charge is 2.25. The number of amides is 1. The van der Waals surface area contributed by atoms with Crippen molar-refractivity contribution in [3.8, 4) is 17.2 Å². The highest BCUT2D eigenvalue weighted by molar-refractivity contribution is 5.98. The minimum atomic E-state index is -0.529. The molecule has 3 rings (SSSR count). The number of nitrogens with one attached hydrogen (secondary N) is 2. The van der Waals surface area contributed by atoms with Gasteiger partial charge in [-0.05, 0) is 49.2 Å². The average molecular weight is 385 g/mol. The van der Waals surface area contributed by atoms with Gasteiger partial charge in [0.05, 0.1) is 17.6 Å². The van der Waals surface area contributed by atoms with Gasteiger partial charge in [0.15, 0.2) is 0 Å². The van der Waals surface area contributed by atoms with Crippen molar-refractivity contribution in [2.75, 3.05) is 20.2 Å². The summed E-state index contributed by atoms with van der Waals surface area (Å²) in [6.07, 6.45) is 0.953. The Bertz CT molecular complexity index is 853. The minimum absolute atomic E-state index is 0.0469. The summed E-state index contributed by atoms with van der Waals surface area (Å²) in [6.45, 7) is 3.65. The Balaban J connectivity index is 1.86. The molecule has 1 saturated heterocycles. The number of hydrogen-bond acceptors (Lipinski definition) is 6. The molecule has 2 aromatic carbocycles. The third-order valence-electron chi connectivity index (χ3n) is 4.85. The van der Waals surface area contributed by atoms with Gasteiger partial charge in [0, 0.05) is 24.7 Å². The summed E-state index contributed by atoms with van der Waals surface area (Å²) in [5, 5.41) is 17.4. The topological polar surface area (TPSA) is 103 Å². The summed E-state index contributed by atoms with van der Waals surface area (Å²) >= 11 is 0. The van der Waals surface area contributed by atoms with Gasteiger partial charge in [0.2, 0.25) is 0 Å². The number of hydrogen-bond donors (Lipinski definition) is 2. The molecule has 8 nitrogen and oxygen atoms in total. The second kappa shape index (κ2) is 8.71. The molecule has 0 saturated carbocycles. The number of carbonyl (C=O) groups is 1. The van der Waals surface area contributed by atoms with Gasteiger partial charge in [-0.15, -0.1) is 0 Å². The molecule has 2 N–H and O–H groups in total. The quantitative estimate of drug-likeness (QED) is 0.585. The first kappa shape index (κ1) is 19.6. The van der Waals surface area contributed by atoms with Crippen molar-refractivity contribution in [3.05, 3.63) is 58.1 Å². The molecule has 2 aromatic rings. The molecule has 1 aliphatic heterocycles. The normalized spacial score (nSPS) is 18.9. The molecule has 1 aliphatic rings. The van der Waals surface area contributed by atoms with Crippen LogP contribution in [0, 0.1) is 16.0 Å². The third-order valence-corrected chi connectivity index (χ3v) is 4.85. The average Bonchev–Trinajstić information content (AvgIpc) is 2.70. The van der Waals surface area contributed by atoms with E-state index in [4.69, 9.17) is 9.47 Å². The molecule has 0 aliphatic carbocycles. The maximum Gasteiger partial charge on any atom is 0.270 e. The first-order valence-corrected chi connectivity index (χ1v) is 9.10. The van der Waals surface area contributed by atoms with Gasteiger partial charge in [-0.25, -0.2) is 0 Å². The van der Waals surface area contributed by atoms with Gasteiger partial charge in [0.25, 0.3) is 11.6 Å². The van der Waals surface area contributed by atoms with Gasteiger partial charge < -0.3 is 20.1 Å². The summed E-state index contributed by atoms with van der Waals surface area (Å²) in [5.74, 6) is 1.34. The molecule has 148 valence electrons. The van der Waals surface area contributed by atoms with E-state index >= 15 is 0 Å². The van der Waals surface area contributed by atoms with E-state index in [1.807, 2.05) is 0 Å². The highest BCUT2D eigenvalue weighted by Crippen LogP contribution is 2.30. The SMILES string of the molecule is COc1ccc(Oc2ccc([N+](=O)[O-])cc2C(=O)NC2CNCCC2C)cc1. The van der Waals surface area contributed by atoms with Crippen LogP contribution in [0.1, 0.15) is 23.7 Å². The van der Waals surface area contributed by atoms with E-state index in [0.717, 1.165) is 13.0 Å². The fourth-order valence-corrected chi connectivity index (χ4v) is 3.10.